The summed E-state index contributed by atoms with van der Waals surface area (Å²) in [7, 11) is 0. The maximum Gasteiger partial charge on any atom is 0.306 e. The smallest absolute Gasteiger partial charge is 0.306 e. The van der Waals surface area contributed by atoms with Crippen LogP contribution in [-0.2, 0) is 16.0 Å². The van der Waals surface area contributed by atoms with E-state index in [0.29, 0.717) is 17.3 Å². The molecule has 1 aromatic carbocycles. The van der Waals surface area contributed by atoms with Gasteiger partial charge in [0.1, 0.15) is 6.10 Å². The van der Waals surface area contributed by atoms with Crippen LogP contribution in [0.5, 0.6) is 0 Å². The van der Waals surface area contributed by atoms with Gasteiger partial charge in [0.15, 0.2) is 0 Å². The van der Waals surface area contributed by atoms with Crippen molar-refractivity contribution in [2.75, 3.05) is 0 Å². The molecule has 4 aliphatic carbocycles. The molecule has 5 rings (SSSR count). The van der Waals surface area contributed by atoms with Crippen molar-refractivity contribution in [2.45, 2.75) is 124 Å². The van der Waals surface area contributed by atoms with Crippen molar-refractivity contribution in [2.24, 2.45) is 46.3 Å². The van der Waals surface area contributed by atoms with Crippen LogP contribution >= 0.6 is 67.8 Å². The highest BCUT2D eigenvalue weighted by Crippen LogP contribution is 2.67. The molecule has 0 bridgehead atoms. The summed E-state index contributed by atoms with van der Waals surface area (Å²) in [4.78, 5) is 12.9. The molecule has 228 valence electrons. The quantitative estimate of drug-likeness (QED) is 0.140. The predicted molar refractivity (Wildman–Crippen MR) is 196 cm³/mol. The molecular weight excluding hydrogens is 845 g/mol. The van der Waals surface area contributed by atoms with Gasteiger partial charge in [0.25, 0.3) is 0 Å². The molecule has 3 saturated carbocycles. The van der Waals surface area contributed by atoms with E-state index in [9.17, 15) is 4.79 Å². The van der Waals surface area contributed by atoms with Crippen molar-refractivity contribution in [3.8, 4) is 0 Å². The number of hydrogen-bond acceptors (Lipinski definition) is 2. The Labute approximate surface area is 291 Å². The second kappa shape index (κ2) is 13.5. The van der Waals surface area contributed by atoms with Gasteiger partial charge in [0, 0.05) is 23.6 Å². The van der Waals surface area contributed by atoms with Gasteiger partial charge in [0.2, 0.25) is 0 Å². The van der Waals surface area contributed by atoms with E-state index in [0.717, 1.165) is 54.8 Å². The highest BCUT2D eigenvalue weighted by Gasteiger charge is 2.59. The van der Waals surface area contributed by atoms with E-state index in [1.165, 1.54) is 74.1 Å². The van der Waals surface area contributed by atoms with Crippen LogP contribution in [0.15, 0.2) is 23.8 Å². The molecule has 3 fully saturated rings. The number of fused-ring (bicyclic) bond motifs is 5. The molecule has 1 aromatic rings. The van der Waals surface area contributed by atoms with E-state index in [4.69, 9.17) is 4.74 Å². The fourth-order valence-electron chi connectivity index (χ4n) is 10.0. The van der Waals surface area contributed by atoms with Crippen LogP contribution in [0.4, 0.5) is 0 Å². The van der Waals surface area contributed by atoms with E-state index in [1.54, 1.807) is 5.57 Å². The molecule has 0 N–H and O–H groups in total. The Morgan fingerprint density at radius 2 is 1.71 bits per heavy atom. The van der Waals surface area contributed by atoms with Crippen molar-refractivity contribution < 1.29 is 9.53 Å². The lowest BCUT2D eigenvalue weighted by Gasteiger charge is -2.58. The molecule has 0 radical (unpaired) electrons. The molecule has 0 unspecified atom stereocenters. The average Bonchev–Trinajstić information content (AvgIpc) is 3.25. The third-order valence-corrected chi connectivity index (χ3v) is 14.8. The first kappa shape index (κ1) is 33.0. The fraction of sp³-hybridized carbons (Fsp3) is 0.750. The maximum atomic E-state index is 12.9. The Morgan fingerprint density at radius 1 is 0.976 bits per heavy atom. The molecule has 0 saturated heterocycles. The number of ether oxygens (including phenoxy) is 1. The van der Waals surface area contributed by atoms with Gasteiger partial charge < -0.3 is 4.74 Å². The standard InChI is InChI=1S/C36H51I3O2/c1-22(2)7-6-8-23(3)29-12-13-30-27-10-9-24-19-26(15-17-35(24,4)31(27)16-18-36(29,30)5)41-34(40)14-11-28-32(38)20-25(37)21-33(28)39/h9,20-23,26-27,29-31H,6-8,10-19H2,1-5H3/t23-,26+,27+,29-,30+,31+,35+,36-/m1/s1. The zero-order valence-corrected chi connectivity index (χ0v) is 32.4. The first-order chi connectivity index (χ1) is 19.4. The van der Waals surface area contributed by atoms with Crippen molar-refractivity contribution in [1.29, 1.82) is 0 Å². The van der Waals surface area contributed by atoms with Gasteiger partial charge in [-0.05, 0) is 183 Å². The van der Waals surface area contributed by atoms with Gasteiger partial charge in [-0.15, -0.1) is 0 Å². The summed E-state index contributed by atoms with van der Waals surface area (Å²) in [6.07, 6.45) is 18.3. The minimum atomic E-state index is -0.0222. The minimum absolute atomic E-state index is 0.0222. The molecule has 2 nitrogen and oxygen atoms in total. The van der Waals surface area contributed by atoms with Crippen LogP contribution < -0.4 is 0 Å². The molecule has 0 heterocycles. The van der Waals surface area contributed by atoms with E-state index in [2.05, 4.69) is 121 Å². The molecule has 4 aliphatic rings. The van der Waals surface area contributed by atoms with Crippen molar-refractivity contribution in [1.82, 2.24) is 0 Å². The summed E-state index contributed by atoms with van der Waals surface area (Å²) in [5, 5.41) is 0. The third kappa shape index (κ3) is 6.91. The molecule has 0 aromatic heterocycles. The van der Waals surface area contributed by atoms with Crippen molar-refractivity contribution >= 4 is 73.7 Å². The van der Waals surface area contributed by atoms with Gasteiger partial charge in [-0.3, -0.25) is 4.79 Å². The lowest BCUT2D eigenvalue weighted by atomic mass is 9.47. The van der Waals surface area contributed by atoms with E-state index >= 15 is 0 Å². The van der Waals surface area contributed by atoms with Gasteiger partial charge in [-0.25, -0.2) is 0 Å². The molecule has 0 aliphatic heterocycles. The summed E-state index contributed by atoms with van der Waals surface area (Å²) < 4.78 is 9.88. The zero-order valence-electron chi connectivity index (χ0n) is 25.9. The van der Waals surface area contributed by atoms with Crippen molar-refractivity contribution in [3.05, 3.63) is 40.1 Å². The molecule has 0 amide bonds. The first-order valence-corrected chi connectivity index (χ1v) is 19.7. The number of benzene rings is 1. The van der Waals surface area contributed by atoms with E-state index in [1.807, 2.05) is 0 Å². The third-order valence-electron chi connectivity index (χ3n) is 12.2. The Kier molecular flexibility index (Phi) is 10.9. The zero-order chi connectivity index (χ0) is 29.5. The summed E-state index contributed by atoms with van der Waals surface area (Å²) in [6.45, 7) is 12.6. The van der Waals surface area contributed by atoms with Crippen LogP contribution in [-0.4, -0.2) is 12.1 Å². The monoisotopic (exact) mass is 896 g/mol. The number of halogens is 3. The largest absolute Gasteiger partial charge is 0.462 e. The maximum absolute atomic E-state index is 12.9. The summed E-state index contributed by atoms with van der Waals surface area (Å²) in [5.41, 5.74) is 3.75. The first-order valence-electron chi connectivity index (χ1n) is 16.4. The Morgan fingerprint density at radius 3 is 2.41 bits per heavy atom. The molecular formula is C36H51I3O2. The van der Waals surface area contributed by atoms with Gasteiger partial charge in [-0.2, -0.15) is 0 Å². The van der Waals surface area contributed by atoms with Crippen LogP contribution in [0.25, 0.3) is 0 Å². The molecule has 8 atom stereocenters. The van der Waals surface area contributed by atoms with Crippen LogP contribution in [0.2, 0.25) is 0 Å². The highest BCUT2D eigenvalue weighted by atomic mass is 127. The lowest BCUT2D eigenvalue weighted by Crippen LogP contribution is -2.51. The van der Waals surface area contributed by atoms with Gasteiger partial charge in [0.05, 0.1) is 0 Å². The highest BCUT2D eigenvalue weighted by molar-refractivity contribution is 14.1. The second-order valence-corrected chi connectivity index (χ2v) is 18.6. The molecule has 41 heavy (non-hydrogen) atoms. The number of rotatable bonds is 9. The predicted octanol–water partition coefficient (Wildman–Crippen LogP) is 11.4. The molecule has 5 heteroatoms. The lowest BCUT2D eigenvalue weighted by molar-refractivity contribution is -0.151. The Hall–Kier alpha value is 0.620. The van der Waals surface area contributed by atoms with Crippen molar-refractivity contribution in [3.63, 3.8) is 0 Å². The van der Waals surface area contributed by atoms with Gasteiger partial charge in [-0.1, -0.05) is 65.5 Å². The summed E-state index contributed by atoms with van der Waals surface area (Å²) in [5.74, 6) is 5.17. The number of esters is 1. The number of allylic oxidation sites excluding steroid dienone is 1. The van der Waals surface area contributed by atoms with Gasteiger partial charge >= 0.3 is 5.97 Å². The average molecular weight is 897 g/mol. The van der Waals surface area contributed by atoms with E-state index in [-0.39, 0.29) is 12.1 Å². The Bertz CT molecular complexity index is 1120. The number of hydrogen-bond donors (Lipinski definition) is 0. The SMILES string of the molecule is CC(C)CCC[C@@H](C)[C@H]1CC[C@H]2[C@@H]3CC=C4C[C@@H](OC(=O)CCc5c(I)cc(I)cc5I)CC[C@]4(C)[C@H]3CC[C@]12C. The number of carbonyl (C=O) groups is 1. The molecule has 0 spiro atoms. The second-order valence-electron chi connectivity index (χ2n) is 15.0. The Balaban J connectivity index is 1.19. The topological polar surface area (TPSA) is 26.3 Å². The summed E-state index contributed by atoms with van der Waals surface area (Å²) >= 11 is 7.17. The minimum Gasteiger partial charge on any atom is -0.462 e. The number of carbonyl (C=O) groups excluding carboxylic acids is 1. The van der Waals surface area contributed by atoms with Crippen LogP contribution in [0, 0.1) is 57.0 Å². The summed E-state index contributed by atoms with van der Waals surface area (Å²) in [6, 6.07) is 4.39. The normalized spacial score (nSPS) is 35.3. The fourth-order valence-corrected chi connectivity index (χ4v) is 14.2. The van der Waals surface area contributed by atoms with Crippen LogP contribution in [0.3, 0.4) is 0 Å². The van der Waals surface area contributed by atoms with Crippen LogP contribution in [0.1, 0.15) is 117 Å². The van der Waals surface area contributed by atoms with E-state index < -0.39 is 0 Å².